The third-order valence-corrected chi connectivity index (χ3v) is 7.42. The molecule has 0 N–H and O–H groups in total. The lowest BCUT2D eigenvalue weighted by molar-refractivity contribution is 0.0523. The SMILES string of the molecule is CCOC(=O)c1c(C)cc2c(c1C)c(=O)n(-c1ccccc1Cl)c(=O)n2CCCN1C(=O)c2ccccc2C1=O. The van der Waals surface area contributed by atoms with Crippen molar-refractivity contribution in [1.82, 2.24) is 14.0 Å². The Hall–Kier alpha value is -4.50. The van der Waals surface area contributed by atoms with Crippen LogP contribution in [0.3, 0.4) is 0 Å². The van der Waals surface area contributed by atoms with E-state index in [4.69, 9.17) is 16.3 Å². The summed E-state index contributed by atoms with van der Waals surface area (Å²) in [6.45, 7) is 5.38. The van der Waals surface area contributed by atoms with Gasteiger partial charge in [0.25, 0.3) is 17.4 Å². The van der Waals surface area contributed by atoms with Gasteiger partial charge in [-0.3, -0.25) is 23.9 Å². The van der Waals surface area contributed by atoms with Gasteiger partial charge in [0.1, 0.15) is 0 Å². The number of nitrogens with zero attached hydrogens (tertiary/aromatic N) is 3. The number of aromatic nitrogens is 2. The number of ether oxygens (including phenoxy) is 1. The van der Waals surface area contributed by atoms with Crippen molar-refractivity contribution in [2.75, 3.05) is 13.2 Å². The molecule has 2 amide bonds. The Morgan fingerprint density at radius 1 is 0.900 bits per heavy atom. The zero-order valence-electron chi connectivity index (χ0n) is 22.2. The molecule has 1 aromatic heterocycles. The Morgan fingerprint density at radius 2 is 1.52 bits per heavy atom. The normalized spacial score (nSPS) is 12.8. The van der Waals surface area contributed by atoms with Crippen LogP contribution in [0.5, 0.6) is 0 Å². The molecule has 5 rings (SSSR count). The number of esters is 1. The smallest absolute Gasteiger partial charge is 0.338 e. The van der Waals surface area contributed by atoms with Gasteiger partial charge in [-0.1, -0.05) is 35.9 Å². The van der Waals surface area contributed by atoms with E-state index in [9.17, 15) is 24.0 Å². The Labute approximate surface area is 234 Å². The molecule has 1 aliphatic rings. The molecule has 9 nitrogen and oxygen atoms in total. The van der Waals surface area contributed by atoms with E-state index in [1.165, 1.54) is 4.57 Å². The van der Waals surface area contributed by atoms with Crippen molar-refractivity contribution in [2.45, 2.75) is 33.7 Å². The van der Waals surface area contributed by atoms with Crippen molar-refractivity contribution < 1.29 is 19.1 Å². The van der Waals surface area contributed by atoms with Crippen LogP contribution in [0.4, 0.5) is 0 Å². The second-order valence-electron chi connectivity index (χ2n) is 9.50. The van der Waals surface area contributed by atoms with Crippen molar-refractivity contribution >= 4 is 40.3 Å². The predicted molar refractivity (Wildman–Crippen MR) is 151 cm³/mol. The lowest BCUT2D eigenvalue weighted by Crippen LogP contribution is -2.40. The standard InChI is InChI=1S/C30H26ClN3O6/c1-4-40-29(38)24-17(2)16-23-25(18(24)3)28(37)34(22-13-8-7-12-21(22)31)30(39)32(23)14-9-15-33-26(35)19-10-5-6-11-20(19)27(33)36/h5-8,10-13,16H,4,9,14-15H2,1-3H3. The molecule has 0 aliphatic carbocycles. The van der Waals surface area contributed by atoms with Crippen LogP contribution in [0.25, 0.3) is 16.6 Å². The molecule has 2 heterocycles. The van der Waals surface area contributed by atoms with Crippen LogP contribution in [-0.2, 0) is 11.3 Å². The minimum Gasteiger partial charge on any atom is -0.462 e. The van der Waals surface area contributed by atoms with Crippen molar-refractivity contribution in [3.8, 4) is 5.69 Å². The third kappa shape index (κ3) is 4.32. The van der Waals surface area contributed by atoms with Crippen LogP contribution in [0.2, 0.25) is 5.02 Å². The quantitative estimate of drug-likeness (QED) is 0.247. The Kier molecular flexibility index (Phi) is 7.16. The number of amides is 2. The van der Waals surface area contributed by atoms with Crippen LogP contribution in [0.15, 0.2) is 64.2 Å². The highest BCUT2D eigenvalue weighted by atomic mass is 35.5. The Balaban J connectivity index is 1.64. The van der Waals surface area contributed by atoms with E-state index in [1.807, 2.05) is 0 Å². The van der Waals surface area contributed by atoms with Crippen molar-refractivity contribution in [3.63, 3.8) is 0 Å². The summed E-state index contributed by atoms with van der Waals surface area (Å²) in [5.41, 5.74) is 1.17. The molecule has 10 heteroatoms. The molecule has 0 unspecified atom stereocenters. The molecule has 1 aliphatic heterocycles. The predicted octanol–water partition coefficient (Wildman–Crippen LogP) is 4.29. The van der Waals surface area contributed by atoms with Crippen molar-refractivity contribution in [2.24, 2.45) is 0 Å². The first-order chi connectivity index (χ1) is 19.2. The Morgan fingerprint density at radius 3 is 2.15 bits per heavy atom. The summed E-state index contributed by atoms with van der Waals surface area (Å²) < 4.78 is 7.64. The van der Waals surface area contributed by atoms with E-state index in [0.29, 0.717) is 27.8 Å². The number of halogens is 1. The fraction of sp³-hybridized carbons (Fsp3) is 0.233. The van der Waals surface area contributed by atoms with E-state index >= 15 is 0 Å². The summed E-state index contributed by atoms with van der Waals surface area (Å²) in [6.07, 6.45) is 0.249. The van der Waals surface area contributed by atoms with Gasteiger partial charge in [-0.05, 0) is 68.7 Å². The maximum Gasteiger partial charge on any atom is 0.338 e. The molecule has 204 valence electrons. The van der Waals surface area contributed by atoms with E-state index in [1.54, 1.807) is 75.4 Å². The number of hydrogen-bond acceptors (Lipinski definition) is 6. The van der Waals surface area contributed by atoms with Crippen molar-refractivity contribution in [3.05, 3.63) is 108 Å². The zero-order chi connectivity index (χ0) is 28.7. The van der Waals surface area contributed by atoms with Gasteiger partial charge in [-0.15, -0.1) is 0 Å². The summed E-state index contributed by atoms with van der Waals surface area (Å²) >= 11 is 6.40. The van der Waals surface area contributed by atoms with E-state index in [-0.39, 0.29) is 59.6 Å². The number of rotatable bonds is 7. The molecule has 0 spiro atoms. The average Bonchev–Trinajstić information content (AvgIpc) is 3.16. The van der Waals surface area contributed by atoms with Crippen LogP contribution in [0.1, 0.15) is 55.5 Å². The minimum atomic E-state index is -0.629. The number of para-hydroxylation sites is 1. The number of fused-ring (bicyclic) bond motifs is 2. The number of benzene rings is 3. The van der Waals surface area contributed by atoms with Gasteiger partial charge in [0.2, 0.25) is 0 Å². The fourth-order valence-corrected chi connectivity index (χ4v) is 5.50. The first-order valence-electron chi connectivity index (χ1n) is 12.8. The van der Waals surface area contributed by atoms with Gasteiger partial charge in [0.15, 0.2) is 0 Å². The fourth-order valence-electron chi connectivity index (χ4n) is 5.28. The molecule has 3 aromatic carbocycles. The summed E-state index contributed by atoms with van der Waals surface area (Å²) in [5.74, 6) is -1.33. The van der Waals surface area contributed by atoms with Crippen molar-refractivity contribution in [1.29, 1.82) is 0 Å². The van der Waals surface area contributed by atoms with Gasteiger partial charge < -0.3 is 4.74 Å². The van der Waals surface area contributed by atoms with E-state index < -0.39 is 17.2 Å². The molecule has 4 aromatic rings. The molecule has 0 radical (unpaired) electrons. The maximum atomic E-state index is 13.9. The van der Waals surface area contributed by atoms with Crippen LogP contribution in [-0.4, -0.2) is 45.0 Å². The monoisotopic (exact) mass is 559 g/mol. The Bertz CT molecular complexity index is 1800. The van der Waals surface area contributed by atoms with Gasteiger partial charge in [0, 0.05) is 13.1 Å². The number of aryl methyl sites for hydroxylation is 3. The first kappa shape index (κ1) is 27.1. The lowest BCUT2D eigenvalue weighted by atomic mass is 9.98. The van der Waals surface area contributed by atoms with E-state index in [2.05, 4.69) is 0 Å². The van der Waals surface area contributed by atoms with Crippen LogP contribution in [0, 0.1) is 13.8 Å². The highest BCUT2D eigenvalue weighted by Gasteiger charge is 2.34. The molecule has 0 bridgehead atoms. The van der Waals surface area contributed by atoms with E-state index in [0.717, 1.165) is 9.47 Å². The topological polar surface area (TPSA) is 108 Å². The average molecular weight is 560 g/mol. The van der Waals surface area contributed by atoms with Gasteiger partial charge in [0.05, 0.1) is 44.9 Å². The molecule has 0 saturated carbocycles. The maximum absolute atomic E-state index is 13.9. The third-order valence-electron chi connectivity index (χ3n) is 7.10. The molecular weight excluding hydrogens is 534 g/mol. The molecule has 0 fully saturated rings. The number of imide groups is 1. The van der Waals surface area contributed by atoms with Gasteiger partial charge in [-0.2, -0.15) is 0 Å². The molecular formula is C30H26ClN3O6. The lowest BCUT2D eigenvalue weighted by Gasteiger charge is -2.19. The largest absolute Gasteiger partial charge is 0.462 e. The van der Waals surface area contributed by atoms with Crippen LogP contribution >= 0.6 is 11.6 Å². The first-order valence-corrected chi connectivity index (χ1v) is 13.2. The van der Waals surface area contributed by atoms with Gasteiger partial charge >= 0.3 is 11.7 Å². The molecule has 0 atom stereocenters. The molecule has 40 heavy (non-hydrogen) atoms. The second kappa shape index (κ2) is 10.6. The summed E-state index contributed by atoms with van der Waals surface area (Å²) in [4.78, 5) is 67.3. The highest BCUT2D eigenvalue weighted by Crippen LogP contribution is 2.26. The van der Waals surface area contributed by atoms with Gasteiger partial charge in [-0.25, -0.2) is 14.2 Å². The summed E-state index contributed by atoms with van der Waals surface area (Å²) in [5, 5.41) is 0.378. The second-order valence-corrected chi connectivity index (χ2v) is 9.90. The zero-order valence-corrected chi connectivity index (χ0v) is 22.9. The summed E-state index contributed by atoms with van der Waals surface area (Å²) in [6, 6.07) is 14.7. The number of carbonyl (C=O) groups excluding carboxylic acids is 3. The number of carbonyl (C=O) groups is 3. The highest BCUT2D eigenvalue weighted by molar-refractivity contribution is 6.32. The molecule has 0 saturated heterocycles. The van der Waals surface area contributed by atoms with Crippen LogP contribution < -0.4 is 11.2 Å². The number of hydrogen-bond donors (Lipinski definition) is 0. The summed E-state index contributed by atoms with van der Waals surface area (Å²) in [7, 11) is 0. The minimum absolute atomic E-state index is 0.0738.